The summed E-state index contributed by atoms with van der Waals surface area (Å²) in [6.45, 7) is 7.69. The zero-order chi connectivity index (χ0) is 14.0. The number of carbonyl (C=O) groups is 2. The van der Waals surface area contributed by atoms with Gasteiger partial charge < -0.3 is 14.8 Å². The molecule has 5 heteroatoms. The van der Waals surface area contributed by atoms with E-state index >= 15 is 0 Å². The van der Waals surface area contributed by atoms with E-state index in [2.05, 4.69) is 5.32 Å². The lowest BCUT2D eigenvalue weighted by Gasteiger charge is -2.37. The number of hydrogen-bond donors (Lipinski definition) is 1. The molecular weight excluding hydrogens is 234 g/mol. The molecule has 1 heterocycles. The molecule has 0 aromatic carbocycles. The summed E-state index contributed by atoms with van der Waals surface area (Å²) >= 11 is 0. The summed E-state index contributed by atoms with van der Waals surface area (Å²) in [5.74, 6) is -0.599. The van der Waals surface area contributed by atoms with Crippen LogP contribution in [0.5, 0.6) is 0 Å². The maximum Gasteiger partial charge on any atom is 0.313 e. The molecule has 104 valence electrons. The van der Waals surface area contributed by atoms with Gasteiger partial charge in [0.15, 0.2) is 0 Å². The third kappa shape index (κ3) is 3.22. The molecule has 0 amide bonds. The number of nitrogens with one attached hydrogen (secondary N) is 1. The molecule has 1 fully saturated rings. The first-order valence-electron chi connectivity index (χ1n) is 6.27. The van der Waals surface area contributed by atoms with Crippen molar-refractivity contribution in [1.82, 2.24) is 5.32 Å². The molecule has 1 N–H and O–H groups in total. The highest BCUT2D eigenvalue weighted by Gasteiger charge is 2.42. The van der Waals surface area contributed by atoms with Gasteiger partial charge in [0, 0.05) is 12.5 Å². The third-order valence-electron chi connectivity index (χ3n) is 3.79. The van der Waals surface area contributed by atoms with Gasteiger partial charge in [-0.1, -0.05) is 0 Å². The van der Waals surface area contributed by atoms with Crippen LogP contribution < -0.4 is 5.32 Å². The summed E-state index contributed by atoms with van der Waals surface area (Å²) in [7, 11) is 1.80. The number of carbonyl (C=O) groups excluding carboxylic acids is 2. The normalized spacial score (nSPS) is 26.4. The topological polar surface area (TPSA) is 64.6 Å². The van der Waals surface area contributed by atoms with E-state index in [1.807, 2.05) is 20.8 Å². The smallest absolute Gasteiger partial charge is 0.313 e. The SMILES string of the molecule is CNC(C)C(C)(C)C(=O)OC1(C)CCOC(=O)C1. The van der Waals surface area contributed by atoms with Crippen molar-refractivity contribution in [2.24, 2.45) is 5.41 Å². The molecule has 0 spiro atoms. The van der Waals surface area contributed by atoms with Gasteiger partial charge in [-0.25, -0.2) is 0 Å². The minimum Gasteiger partial charge on any atom is -0.465 e. The zero-order valence-electron chi connectivity index (χ0n) is 11.8. The Hall–Kier alpha value is -1.10. The van der Waals surface area contributed by atoms with Crippen LogP contribution in [0.2, 0.25) is 0 Å². The highest BCUT2D eigenvalue weighted by molar-refractivity contribution is 5.78. The largest absolute Gasteiger partial charge is 0.465 e. The second-order valence-electron chi connectivity index (χ2n) is 5.72. The molecule has 2 unspecified atom stereocenters. The minimum absolute atomic E-state index is 0.0101. The van der Waals surface area contributed by atoms with Crippen LogP contribution in [-0.4, -0.2) is 37.2 Å². The summed E-state index contributed by atoms with van der Waals surface area (Å²) in [5, 5.41) is 3.05. The molecule has 18 heavy (non-hydrogen) atoms. The zero-order valence-corrected chi connectivity index (χ0v) is 11.8. The van der Waals surface area contributed by atoms with Crippen LogP contribution in [0, 0.1) is 5.41 Å². The van der Waals surface area contributed by atoms with E-state index in [0.717, 1.165) is 0 Å². The molecule has 1 rings (SSSR count). The fourth-order valence-electron chi connectivity index (χ4n) is 1.81. The molecule has 1 aliphatic heterocycles. The second kappa shape index (κ2) is 5.26. The highest BCUT2D eigenvalue weighted by atomic mass is 16.6. The first kappa shape index (κ1) is 15.0. The van der Waals surface area contributed by atoms with Crippen LogP contribution in [0.3, 0.4) is 0 Å². The van der Waals surface area contributed by atoms with E-state index in [0.29, 0.717) is 13.0 Å². The van der Waals surface area contributed by atoms with Crippen molar-refractivity contribution < 1.29 is 19.1 Å². The average molecular weight is 257 g/mol. The van der Waals surface area contributed by atoms with Crippen molar-refractivity contribution in [2.45, 2.75) is 52.2 Å². The number of hydrogen-bond acceptors (Lipinski definition) is 5. The Morgan fingerprint density at radius 2 is 2.17 bits per heavy atom. The third-order valence-corrected chi connectivity index (χ3v) is 3.79. The van der Waals surface area contributed by atoms with Crippen molar-refractivity contribution in [2.75, 3.05) is 13.7 Å². The van der Waals surface area contributed by atoms with Crippen LogP contribution in [0.15, 0.2) is 0 Å². The molecule has 1 saturated heterocycles. The van der Waals surface area contributed by atoms with E-state index < -0.39 is 11.0 Å². The molecule has 1 aliphatic rings. The molecule has 5 nitrogen and oxygen atoms in total. The molecule has 2 atom stereocenters. The van der Waals surface area contributed by atoms with E-state index in [9.17, 15) is 9.59 Å². The number of esters is 2. The van der Waals surface area contributed by atoms with Crippen LogP contribution in [0.4, 0.5) is 0 Å². The summed E-state index contributed by atoms with van der Waals surface area (Å²) in [4.78, 5) is 23.5. The Morgan fingerprint density at radius 3 is 2.67 bits per heavy atom. The molecule has 0 aromatic heterocycles. The van der Waals surface area contributed by atoms with Crippen molar-refractivity contribution in [3.63, 3.8) is 0 Å². The maximum atomic E-state index is 12.2. The van der Waals surface area contributed by atoms with E-state index in [1.165, 1.54) is 0 Å². The predicted octanol–water partition coefficient (Wildman–Crippen LogP) is 1.26. The molecule has 0 radical (unpaired) electrons. The molecule has 0 saturated carbocycles. The van der Waals surface area contributed by atoms with Gasteiger partial charge in [0.1, 0.15) is 5.60 Å². The Bertz CT molecular complexity index is 340. The molecular formula is C13H23NO4. The van der Waals surface area contributed by atoms with Crippen molar-refractivity contribution >= 4 is 11.9 Å². The van der Waals surface area contributed by atoms with Crippen molar-refractivity contribution in [3.05, 3.63) is 0 Å². The van der Waals surface area contributed by atoms with E-state index in [4.69, 9.17) is 9.47 Å². The van der Waals surface area contributed by atoms with Gasteiger partial charge in [-0.05, 0) is 34.7 Å². The highest BCUT2D eigenvalue weighted by Crippen LogP contribution is 2.30. The fraction of sp³-hybridized carbons (Fsp3) is 0.846. The van der Waals surface area contributed by atoms with E-state index in [-0.39, 0.29) is 24.4 Å². The Kier molecular flexibility index (Phi) is 4.37. The maximum absolute atomic E-state index is 12.2. The van der Waals surface area contributed by atoms with Gasteiger partial charge in [-0.3, -0.25) is 9.59 Å². The fourth-order valence-corrected chi connectivity index (χ4v) is 1.81. The lowest BCUT2D eigenvalue weighted by Crippen LogP contribution is -2.48. The Balaban J connectivity index is 2.71. The van der Waals surface area contributed by atoms with Crippen molar-refractivity contribution in [3.8, 4) is 0 Å². The summed E-state index contributed by atoms with van der Waals surface area (Å²) < 4.78 is 10.4. The van der Waals surface area contributed by atoms with Crippen LogP contribution in [-0.2, 0) is 19.1 Å². The Labute approximate surface area is 108 Å². The van der Waals surface area contributed by atoms with Crippen LogP contribution in [0.1, 0.15) is 40.5 Å². The van der Waals surface area contributed by atoms with Crippen LogP contribution in [0.25, 0.3) is 0 Å². The monoisotopic (exact) mass is 257 g/mol. The number of cyclic esters (lactones) is 1. The van der Waals surface area contributed by atoms with Crippen LogP contribution >= 0.6 is 0 Å². The average Bonchev–Trinajstić information content (AvgIpc) is 2.26. The van der Waals surface area contributed by atoms with E-state index in [1.54, 1.807) is 14.0 Å². The number of ether oxygens (including phenoxy) is 2. The molecule has 0 aliphatic carbocycles. The summed E-state index contributed by atoms with van der Waals surface area (Å²) in [5.41, 5.74) is -1.38. The van der Waals surface area contributed by atoms with Crippen molar-refractivity contribution in [1.29, 1.82) is 0 Å². The lowest BCUT2D eigenvalue weighted by atomic mass is 9.85. The second-order valence-corrected chi connectivity index (χ2v) is 5.72. The van der Waals surface area contributed by atoms with Gasteiger partial charge in [-0.2, -0.15) is 0 Å². The first-order valence-corrected chi connectivity index (χ1v) is 6.27. The molecule has 0 bridgehead atoms. The van der Waals surface area contributed by atoms with Gasteiger partial charge in [-0.15, -0.1) is 0 Å². The standard InChI is InChI=1S/C13H23NO4/c1-9(14-5)12(2,3)11(16)18-13(4)6-7-17-10(15)8-13/h9,14H,6-8H2,1-5H3. The van der Waals surface area contributed by atoms with Gasteiger partial charge in [0.05, 0.1) is 18.4 Å². The lowest BCUT2D eigenvalue weighted by molar-refractivity contribution is -0.183. The summed E-state index contributed by atoms with van der Waals surface area (Å²) in [6, 6.07) is -0.0101. The molecule has 0 aromatic rings. The number of rotatable bonds is 4. The van der Waals surface area contributed by atoms with Gasteiger partial charge in [0.25, 0.3) is 0 Å². The Morgan fingerprint density at radius 1 is 1.56 bits per heavy atom. The van der Waals surface area contributed by atoms with Gasteiger partial charge >= 0.3 is 11.9 Å². The minimum atomic E-state index is -0.739. The summed E-state index contributed by atoms with van der Waals surface area (Å²) in [6.07, 6.45) is 0.678. The predicted molar refractivity (Wildman–Crippen MR) is 67.0 cm³/mol. The van der Waals surface area contributed by atoms with Gasteiger partial charge in [0.2, 0.25) is 0 Å². The first-order chi connectivity index (χ1) is 8.21. The quantitative estimate of drug-likeness (QED) is 0.768.